The van der Waals surface area contributed by atoms with Crippen molar-refractivity contribution in [2.45, 2.75) is 6.42 Å². The molecule has 1 aromatic carbocycles. The Morgan fingerprint density at radius 2 is 2.22 bits per heavy atom. The molecule has 0 bridgehead atoms. The van der Waals surface area contributed by atoms with Gasteiger partial charge in [0.2, 0.25) is 0 Å². The van der Waals surface area contributed by atoms with Crippen LogP contribution in [0.25, 0.3) is 17.4 Å². The van der Waals surface area contributed by atoms with Crippen molar-refractivity contribution in [1.29, 1.82) is 5.26 Å². The smallest absolute Gasteiger partial charge is 0.270 e. The van der Waals surface area contributed by atoms with Gasteiger partial charge in [0.25, 0.3) is 11.6 Å². The fourth-order valence-corrected chi connectivity index (χ4v) is 2.41. The van der Waals surface area contributed by atoms with E-state index in [0.29, 0.717) is 25.1 Å². The summed E-state index contributed by atoms with van der Waals surface area (Å²) in [4.78, 5) is 22.4. The van der Waals surface area contributed by atoms with Crippen molar-refractivity contribution in [2.24, 2.45) is 0 Å². The summed E-state index contributed by atoms with van der Waals surface area (Å²) in [6, 6.07) is 8.90. The van der Waals surface area contributed by atoms with Gasteiger partial charge in [-0.25, -0.2) is 0 Å². The number of nitrogens with one attached hydrogen (secondary N) is 1. The van der Waals surface area contributed by atoms with Gasteiger partial charge >= 0.3 is 0 Å². The number of methoxy groups -OCH3 is 1. The topological polar surface area (TPSA) is 118 Å². The van der Waals surface area contributed by atoms with Gasteiger partial charge in [0, 0.05) is 44.0 Å². The maximum atomic E-state index is 12.0. The number of nitrogens with zero attached hydrogens (tertiary/aromatic N) is 2. The summed E-state index contributed by atoms with van der Waals surface area (Å²) in [6.07, 6.45) is 1.91. The number of nitro groups is 1. The van der Waals surface area contributed by atoms with E-state index in [1.165, 1.54) is 24.3 Å². The van der Waals surface area contributed by atoms with Crippen LogP contribution in [0.5, 0.6) is 0 Å². The minimum atomic E-state index is -0.536. The van der Waals surface area contributed by atoms with Gasteiger partial charge in [-0.3, -0.25) is 14.9 Å². The Morgan fingerprint density at radius 3 is 2.89 bits per heavy atom. The van der Waals surface area contributed by atoms with Gasteiger partial charge in [-0.15, -0.1) is 0 Å². The largest absolute Gasteiger partial charge is 0.457 e. The van der Waals surface area contributed by atoms with Crippen LogP contribution in [0.1, 0.15) is 12.2 Å². The van der Waals surface area contributed by atoms with E-state index in [1.807, 2.05) is 6.07 Å². The SMILES string of the molecule is COCCCNC(=O)/C(C#N)=C/c1ccc(-c2cc([N+](=O)[O-])ccc2Cl)o1. The van der Waals surface area contributed by atoms with Crippen molar-refractivity contribution >= 4 is 29.3 Å². The molecule has 0 saturated carbocycles. The number of halogens is 1. The molecule has 0 radical (unpaired) electrons. The number of furan rings is 1. The Balaban J connectivity index is 2.20. The molecular formula is C18H16ClN3O5. The molecule has 1 heterocycles. The van der Waals surface area contributed by atoms with Crippen LogP contribution < -0.4 is 5.32 Å². The summed E-state index contributed by atoms with van der Waals surface area (Å²) in [5, 5.41) is 23.0. The number of carbonyl (C=O) groups is 1. The molecule has 1 amide bonds. The summed E-state index contributed by atoms with van der Waals surface area (Å²) in [5.74, 6) is 0.00356. The van der Waals surface area contributed by atoms with Crippen molar-refractivity contribution in [3.63, 3.8) is 0 Å². The van der Waals surface area contributed by atoms with E-state index < -0.39 is 10.8 Å². The fraction of sp³-hybridized carbons (Fsp3) is 0.222. The first kappa shape index (κ1) is 20.2. The van der Waals surface area contributed by atoms with Gasteiger partial charge in [0.05, 0.1) is 9.95 Å². The Labute approximate surface area is 160 Å². The van der Waals surface area contributed by atoms with Crippen LogP contribution in [-0.4, -0.2) is 31.1 Å². The van der Waals surface area contributed by atoms with Crippen molar-refractivity contribution < 1.29 is 18.9 Å². The molecule has 2 rings (SSSR count). The van der Waals surface area contributed by atoms with Gasteiger partial charge < -0.3 is 14.5 Å². The quantitative estimate of drug-likeness (QED) is 0.242. The second kappa shape index (κ2) is 9.52. The Kier molecular flexibility index (Phi) is 7.11. The summed E-state index contributed by atoms with van der Waals surface area (Å²) in [7, 11) is 1.56. The number of carbonyl (C=O) groups excluding carboxylic acids is 1. The van der Waals surface area contributed by atoms with Crippen LogP contribution in [-0.2, 0) is 9.53 Å². The standard InChI is InChI=1S/C18H16ClN3O5/c1-26-8-2-7-21-18(23)12(11-20)9-14-4-6-17(27-14)15-10-13(22(24)25)3-5-16(15)19/h3-6,9-10H,2,7-8H2,1H3,(H,21,23)/b12-9+. The van der Waals surface area contributed by atoms with Crippen molar-refractivity contribution in [2.75, 3.05) is 20.3 Å². The third kappa shape index (κ3) is 5.41. The molecule has 0 aliphatic rings. The summed E-state index contributed by atoms with van der Waals surface area (Å²) < 4.78 is 10.5. The maximum Gasteiger partial charge on any atom is 0.270 e. The van der Waals surface area contributed by atoms with E-state index in [4.69, 9.17) is 20.8 Å². The second-order valence-electron chi connectivity index (χ2n) is 5.40. The highest BCUT2D eigenvalue weighted by atomic mass is 35.5. The molecule has 27 heavy (non-hydrogen) atoms. The molecule has 0 unspecified atom stereocenters. The van der Waals surface area contributed by atoms with Crippen molar-refractivity contribution in [1.82, 2.24) is 5.32 Å². The molecule has 0 atom stereocenters. The lowest BCUT2D eigenvalue weighted by Gasteiger charge is -2.03. The average molecular weight is 390 g/mol. The lowest BCUT2D eigenvalue weighted by molar-refractivity contribution is -0.384. The first-order chi connectivity index (χ1) is 13.0. The number of ether oxygens (including phenoxy) is 1. The van der Waals surface area contributed by atoms with E-state index >= 15 is 0 Å². The highest BCUT2D eigenvalue weighted by Gasteiger charge is 2.15. The predicted molar refractivity (Wildman–Crippen MR) is 98.9 cm³/mol. The van der Waals surface area contributed by atoms with Gasteiger partial charge in [-0.05, 0) is 24.6 Å². The molecule has 0 aliphatic carbocycles. The second-order valence-corrected chi connectivity index (χ2v) is 5.80. The molecule has 2 aromatic rings. The van der Waals surface area contributed by atoms with Gasteiger partial charge in [0.15, 0.2) is 0 Å². The lowest BCUT2D eigenvalue weighted by atomic mass is 10.1. The zero-order chi connectivity index (χ0) is 19.8. The summed E-state index contributed by atoms with van der Waals surface area (Å²) >= 11 is 6.09. The molecule has 9 heteroatoms. The summed E-state index contributed by atoms with van der Waals surface area (Å²) in [5.41, 5.74) is 0.0857. The Bertz CT molecular complexity index is 914. The first-order valence-corrected chi connectivity index (χ1v) is 8.27. The van der Waals surface area contributed by atoms with Crippen LogP contribution in [0.4, 0.5) is 5.69 Å². The molecule has 0 spiro atoms. The van der Waals surface area contributed by atoms with E-state index in [9.17, 15) is 20.2 Å². The van der Waals surface area contributed by atoms with Crippen LogP contribution in [0.2, 0.25) is 5.02 Å². The van der Waals surface area contributed by atoms with Gasteiger partial charge in [-0.1, -0.05) is 11.6 Å². The Hall–Kier alpha value is -3.15. The molecule has 0 fully saturated rings. The molecule has 0 saturated heterocycles. The van der Waals surface area contributed by atoms with E-state index in [0.717, 1.165) is 0 Å². The molecule has 8 nitrogen and oxygen atoms in total. The van der Waals surface area contributed by atoms with Crippen molar-refractivity contribution in [3.05, 3.63) is 56.8 Å². The lowest BCUT2D eigenvalue weighted by Crippen LogP contribution is -2.26. The van der Waals surface area contributed by atoms with Crippen LogP contribution in [0, 0.1) is 21.4 Å². The van der Waals surface area contributed by atoms with Gasteiger partial charge in [0.1, 0.15) is 23.2 Å². The number of nitriles is 1. The highest BCUT2D eigenvalue weighted by molar-refractivity contribution is 6.33. The first-order valence-electron chi connectivity index (χ1n) is 7.89. The summed E-state index contributed by atoms with van der Waals surface area (Å²) in [6.45, 7) is 0.871. The molecule has 1 aromatic heterocycles. The molecule has 0 aliphatic heterocycles. The Morgan fingerprint density at radius 1 is 1.44 bits per heavy atom. The van der Waals surface area contributed by atoms with E-state index in [-0.39, 0.29) is 27.8 Å². The zero-order valence-electron chi connectivity index (χ0n) is 14.4. The van der Waals surface area contributed by atoms with Crippen molar-refractivity contribution in [3.8, 4) is 17.4 Å². The number of non-ortho nitro benzene ring substituents is 1. The molecule has 1 N–H and O–H groups in total. The minimum absolute atomic E-state index is 0.126. The monoisotopic (exact) mass is 389 g/mol. The third-order valence-electron chi connectivity index (χ3n) is 3.52. The van der Waals surface area contributed by atoms with E-state index in [2.05, 4.69) is 5.32 Å². The molecular weight excluding hydrogens is 374 g/mol. The average Bonchev–Trinajstić information content (AvgIpc) is 3.11. The van der Waals surface area contributed by atoms with Crippen LogP contribution in [0.3, 0.4) is 0 Å². The third-order valence-corrected chi connectivity index (χ3v) is 3.85. The number of hydrogen-bond acceptors (Lipinski definition) is 6. The number of rotatable bonds is 8. The predicted octanol–water partition coefficient (Wildman–Crippen LogP) is 3.57. The number of nitro benzene ring substituents is 1. The fourth-order valence-electron chi connectivity index (χ4n) is 2.20. The maximum absolute atomic E-state index is 12.0. The van der Waals surface area contributed by atoms with E-state index in [1.54, 1.807) is 19.2 Å². The van der Waals surface area contributed by atoms with Gasteiger partial charge in [-0.2, -0.15) is 5.26 Å². The minimum Gasteiger partial charge on any atom is -0.457 e. The molecule has 140 valence electrons. The van der Waals surface area contributed by atoms with Crippen LogP contribution >= 0.6 is 11.6 Å². The number of amides is 1. The van der Waals surface area contributed by atoms with Crippen LogP contribution in [0.15, 0.2) is 40.3 Å². The zero-order valence-corrected chi connectivity index (χ0v) is 15.2. The number of hydrogen-bond donors (Lipinski definition) is 1. The highest BCUT2D eigenvalue weighted by Crippen LogP contribution is 2.33. The normalized spacial score (nSPS) is 11.1. The number of benzene rings is 1.